The number of amides is 2. The lowest BCUT2D eigenvalue weighted by atomic mass is 9.85. The SMILES string of the molecule is CC(C)(NC(=O)C1CC(O)CN1C(=O)C(n1cc(C2CC2)nn1)C(C)(C)C)C(=O)n1ccc2c(Br)cccc21. The van der Waals surface area contributed by atoms with Crippen LogP contribution in [0.15, 0.2) is 41.1 Å². The van der Waals surface area contributed by atoms with Gasteiger partial charge in [-0.1, -0.05) is 48.0 Å². The molecule has 1 aliphatic heterocycles. The number of aliphatic hydroxyl groups excluding tert-OH is 1. The number of hydrogen-bond acceptors (Lipinski definition) is 6. The maximum Gasteiger partial charge on any atom is 0.256 e. The quantitative estimate of drug-likeness (QED) is 0.446. The normalized spacial score (nSPS) is 20.8. The minimum atomic E-state index is -1.28. The summed E-state index contributed by atoms with van der Waals surface area (Å²) >= 11 is 3.51. The third-order valence-electron chi connectivity index (χ3n) is 7.58. The zero-order valence-electron chi connectivity index (χ0n) is 22.9. The molecule has 2 aromatic heterocycles. The Hall–Kier alpha value is -3.05. The van der Waals surface area contributed by atoms with Gasteiger partial charge in [-0.05, 0) is 50.3 Å². The number of rotatable bonds is 6. The first-order chi connectivity index (χ1) is 18.3. The molecule has 3 heterocycles. The van der Waals surface area contributed by atoms with Gasteiger partial charge in [-0.3, -0.25) is 19.0 Å². The molecular formula is C28H35BrN6O4. The monoisotopic (exact) mass is 598 g/mol. The molecule has 0 radical (unpaired) electrons. The number of nitrogens with one attached hydrogen (secondary N) is 1. The van der Waals surface area contributed by atoms with E-state index in [0.29, 0.717) is 5.92 Å². The topological polar surface area (TPSA) is 122 Å². The van der Waals surface area contributed by atoms with Crippen LogP contribution in [0.2, 0.25) is 0 Å². The molecule has 11 heteroatoms. The number of fused-ring (bicyclic) bond motifs is 1. The van der Waals surface area contributed by atoms with Gasteiger partial charge in [0, 0.05) is 41.1 Å². The van der Waals surface area contributed by atoms with Crippen LogP contribution in [0.3, 0.4) is 0 Å². The van der Waals surface area contributed by atoms with Gasteiger partial charge < -0.3 is 15.3 Å². The number of benzene rings is 1. The molecule has 0 spiro atoms. The maximum atomic E-state index is 14.0. The number of halogens is 1. The highest BCUT2D eigenvalue weighted by atomic mass is 79.9. The van der Waals surface area contributed by atoms with Crippen LogP contribution in [-0.2, 0) is 9.59 Å². The number of hydrogen-bond donors (Lipinski definition) is 2. The molecule has 2 fully saturated rings. The molecule has 2 aliphatic rings. The van der Waals surface area contributed by atoms with Gasteiger partial charge in [0.2, 0.25) is 11.8 Å². The molecule has 0 bridgehead atoms. The highest BCUT2D eigenvalue weighted by Gasteiger charge is 2.46. The lowest BCUT2D eigenvalue weighted by molar-refractivity contribution is -0.144. The molecule has 208 valence electrons. The average molecular weight is 600 g/mol. The number of carbonyl (C=O) groups is 3. The minimum Gasteiger partial charge on any atom is -0.391 e. The number of likely N-dealkylation sites (tertiary alicyclic amines) is 1. The molecular weight excluding hydrogens is 564 g/mol. The lowest BCUT2D eigenvalue weighted by Gasteiger charge is -2.35. The van der Waals surface area contributed by atoms with Gasteiger partial charge in [0.25, 0.3) is 5.91 Å². The fraction of sp³-hybridized carbons (Fsp3) is 0.536. The van der Waals surface area contributed by atoms with E-state index in [9.17, 15) is 19.5 Å². The summed E-state index contributed by atoms with van der Waals surface area (Å²) in [5.41, 5.74) is -0.213. The Bertz CT molecular complexity index is 1430. The summed E-state index contributed by atoms with van der Waals surface area (Å²) < 4.78 is 3.98. The van der Waals surface area contributed by atoms with Crippen LogP contribution in [0.4, 0.5) is 0 Å². The highest BCUT2D eigenvalue weighted by molar-refractivity contribution is 9.10. The van der Waals surface area contributed by atoms with E-state index in [0.717, 1.165) is 33.9 Å². The Morgan fingerprint density at radius 3 is 2.51 bits per heavy atom. The van der Waals surface area contributed by atoms with E-state index >= 15 is 0 Å². The van der Waals surface area contributed by atoms with Crippen molar-refractivity contribution in [3.8, 4) is 0 Å². The Morgan fingerprint density at radius 2 is 1.85 bits per heavy atom. The Kier molecular flexibility index (Phi) is 6.95. The highest BCUT2D eigenvalue weighted by Crippen LogP contribution is 2.40. The minimum absolute atomic E-state index is 0.0261. The van der Waals surface area contributed by atoms with Gasteiger partial charge in [0.1, 0.15) is 17.6 Å². The predicted octanol–water partition coefficient (Wildman–Crippen LogP) is 3.66. The van der Waals surface area contributed by atoms with Crippen LogP contribution >= 0.6 is 15.9 Å². The van der Waals surface area contributed by atoms with Crippen molar-refractivity contribution in [3.05, 3.63) is 46.8 Å². The molecule has 3 atom stereocenters. The van der Waals surface area contributed by atoms with E-state index in [-0.39, 0.29) is 24.8 Å². The van der Waals surface area contributed by atoms with E-state index in [1.807, 2.05) is 51.2 Å². The molecule has 2 amide bonds. The van der Waals surface area contributed by atoms with Crippen molar-refractivity contribution in [2.75, 3.05) is 6.54 Å². The standard InChI is InChI=1S/C28H35BrN6O4/c1-27(2,3)23(35-15-20(31-32-35)16-9-10-16)25(38)34-14-17(36)13-22(34)24(37)30-28(4,5)26(39)33-12-11-18-19(29)7-6-8-21(18)33/h6-8,11-12,15-17,22-23,36H,9-10,13-14H2,1-5H3,(H,30,37). The largest absolute Gasteiger partial charge is 0.391 e. The van der Waals surface area contributed by atoms with Gasteiger partial charge in [0.05, 0.1) is 17.3 Å². The van der Waals surface area contributed by atoms with Gasteiger partial charge in [-0.25, -0.2) is 4.68 Å². The van der Waals surface area contributed by atoms with Crippen molar-refractivity contribution in [2.24, 2.45) is 5.41 Å². The summed E-state index contributed by atoms with van der Waals surface area (Å²) in [6.07, 6.45) is 4.88. The molecule has 1 saturated heterocycles. The average Bonchev–Trinajstić information content (AvgIpc) is 3.23. The summed E-state index contributed by atoms with van der Waals surface area (Å²) in [6.45, 7) is 9.13. The number of aliphatic hydroxyl groups is 1. The molecule has 1 aromatic carbocycles. The summed E-state index contributed by atoms with van der Waals surface area (Å²) in [5, 5.41) is 22.8. The summed E-state index contributed by atoms with van der Waals surface area (Å²) in [7, 11) is 0. The second-order valence-electron chi connectivity index (χ2n) is 12.3. The van der Waals surface area contributed by atoms with Gasteiger partial charge in [-0.15, -0.1) is 5.10 Å². The van der Waals surface area contributed by atoms with Crippen LogP contribution in [0, 0.1) is 5.41 Å². The second-order valence-corrected chi connectivity index (χ2v) is 13.2. The first-order valence-electron chi connectivity index (χ1n) is 13.3. The first-order valence-corrected chi connectivity index (χ1v) is 14.1. The van der Waals surface area contributed by atoms with Gasteiger partial charge >= 0.3 is 0 Å². The van der Waals surface area contributed by atoms with Gasteiger partial charge in [-0.2, -0.15) is 0 Å². The zero-order valence-corrected chi connectivity index (χ0v) is 24.5. The van der Waals surface area contributed by atoms with E-state index in [1.54, 1.807) is 24.7 Å². The zero-order chi connectivity index (χ0) is 28.3. The van der Waals surface area contributed by atoms with E-state index in [1.165, 1.54) is 9.47 Å². The molecule has 39 heavy (non-hydrogen) atoms. The molecule has 3 aromatic rings. The van der Waals surface area contributed by atoms with Crippen LogP contribution in [0.25, 0.3) is 10.9 Å². The van der Waals surface area contributed by atoms with Crippen molar-refractivity contribution in [2.45, 2.75) is 83.5 Å². The van der Waals surface area contributed by atoms with Crippen molar-refractivity contribution in [1.82, 2.24) is 29.8 Å². The van der Waals surface area contributed by atoms with Crippen molar-refractivity contribution in [3.63, 3.8) is 0 Å². The summed E-state index contributed by atoms with van der Waals surface area (Å²) in [4.78, 5) is 42.6. The Morgan fingerprint density at radius 1 is 1.13 bits per heavy atom. The van der Waals surface area contributed by atoms with Crippen molar-refractivity contribution >= 4 is 44.6 Å². The Balaban J connectivity index is 1.37. The van der Waals surface area contributed by atoms with E-state index < -0.39 is 35.0 Å². The smallest absolute Gasteiger partial charge is 0.256 e. The molecule has 5 rings (SSSR count). The summed E-state index contributed by atoms with van der Waals surface area (Å²) in [6, 6.07) is 5.80. The molecule has 1 aliphatic carbocycles. The molecule has 1 saturated carbocycles. The predicted molar refractivity (Wildman–Crippen MR) is 149 cm³/mol. The molecule has 10 nitrogen and oxygen atoms in total. The van der Waals surface area contributed by atoms with Crippen LogP contribution in [0.5, 0.6) is 0 Å². The fourth-order valence-electron chi connectivity index (χ4n) is 5.38. The third-order valence-corrected chi connectivity index (χ3v) is 8.27. The third kappa shape index (κ3) is 5.26. The van der Waals surface area contributed by atoms with Crippen molar-refractivity contribution in [1.29, 1.82) is 0 Å². The number of nitrogens with zero attached hydrogens (tertiary/aromatic N) is 5. The summed E-state index contributed by atoms with van der Waals surface area (Å²) in [5.74, 6) is -0.722. The lowest BCUT2D eigenvalue weighted by Crippen LogP contribution is -2.57. The van der Waals surface area contributed by atoms with Crippen molar-refractivity contribution < 1.29 is 19.5 Å². The molecule has 2 N–H and O–H groups in total. The maximum absolute atomic E-state index is 14.0. The van der Waals surface area contributed by atoms with Crippen LogP contribution in [0.1, 0.15) is 76.3 Å². The number of carbonyl (C=O) groups excluding carboxylic acids is 3. The first kappa shape index (κ1) is 27.5. The van der Waals surface area contributed by atoms with E-state index in [2.05, 4.69) is 31.6 Å². The van der Waals surface area contributed by atoms with E-state index in [4.69, 9.17) is 0 Å². The molecule has 3 unspecified atom stereocenters. The van der Waals surface area contributed by atoms with Crippen LogP contribution < -0.4 is 5.32 Å². The second kappa shape index (κ2) is 9.85. The number of β-amino-alcohol motifs (C(OH)–C–C–N with tert-alkyl or cyclic N) is 1. The van der Waals surface area contributed by atoms with Gasteiger partial charge in [0.15, 0.2) is 0 Å². The number of aromatic nitrogens is 4. The van der Waals surface area contributed by atoms with Crippen LogP contribution in [-0.4, -0.2) is 71.5 Å². The fourth-order valence-corrected chi connectivity index (χ4v) is 5.87. The Labute approximate surface area is 235 Å².